The van der Waals surface area contributed by atoms with E-state index in [1.807, 2.05) is 4.90 Å². The molecule has 2 rings (SSSR count). The average Bonchev–Trinajstić information content (AvgIpc) is 2.60. The van der Waals surface area contributed by atoms with Crippen LogP contribution in [-0.2, 0) is 4.74 Å². The van der Waals surface area contributed by atoms with Crippen molar-refractivity contribution < 1.29 is 9.53 Å². The Hall–Kier alpha value is -0.730. The molecule has 3 heteroatoms. The Balaban J connectivity index is 1.94. The zero-order chi connectivity index (χ0) is 8.55. The van der Waals surface area contributed by atoms with Crippen molar-refractivity contribution in [2.75, 3.05) is 20.2 Å². The molecule has 3 nitrogen and oxygen atoms in total. The minimum absolute atomic E-state index is 0.149. The van der Waals surface area contributed by atoms with E-state index in [0.717, 1.165) is 24.9 Å². The summed E-state index contributed by atoms with van der Waals surface area (Å²) in [5.41, 5.74) is 0. The zero-order valence-electron chi connectivity index (χ0n) is 7.45. The lowest BCUT2D eigenvalue weighted by Crippen LogP contribution is -2.29. The molecule has 0 aromatic rings. The lowest BCUT2D eigenvalue weighted by molar-refractivity contribution is 0.130. The standard InChI is InChI=1S/C9H15NO2/c1-12-9(11)10-5-7-3-2-4-8(7)6-10/h7-8H,2-6H2,1H3. The van der Waals surface area contributed by atoms with Gasteiger partial charge in [0.2, 0.25) is 0 Å². The monoisotopic (exact) mass is 169 g/mol. The van der Waals surface area contributed by atoms with Gasteiger partial charge in [0.25, 0.3) is 0 Å². The van der Waals surface area contributed by atoms with Gasteiger partial charge in [0.05, 0.1) is 7.11 Å². The predicted molar refractivity (Wildman–Crippen MR) is 44.8 cm³/mol. The second-order valence-electron chi connectivity index (χ2n) is 3.83. The molecule has 0 N–H and O–H groups in total. The van der Waals surface area contributed by atoms with Gasteiger partial charge in [-0.1, -0.05) is 6.42 Å². The van der Waals surface area contributed by atoms with Crippen molar-refractivity contribution >= 4 is 6.09 Å². The van der Waals surface area contributed by atoms with Crippen LogP contribution < -0.4 is 0 Å². The van der Waals surface area contributed by atoms with Gasteiger partial charge >= 0.3 is 6.09 Å². The number of nitrogens with zero attached hydrogens (tertiary/aromatic N) is 1. The maximum atomic E-state index is 11.1. The van der Waals surface area contributed by atoms with E-state index in [9.17, 15) is 4.79 Å². The number of hydrogen-bond acceptors (Lipinski definition) is 2. The molecule has 68 valence electrons. The fraction of sp³-hybridized carbons (Fsp3) is 0.889. The minimum Gasteiger partial charge on any atom is -0.453 e. The van der Waals surface area contributed by atoms with E-state index in [1.165, 1.54) is 26.4 Å². The molecule has 1 aliphatic carbocycles. The summed E-state index contributed by atoms with van der Waals surface area (Å²) in [5.74, 6) is 1.54. The third kappa shape index (κ3) is 1.17. The molecule has 1 aliphatic heterocycles. The Labute approximate surface area is 72.7 Å². The van der Waals surface area contributed by atoms with Crippen LogP contribution in [0.4, 0.5) is 4.79 Å². The van der Waals surface area contributed by atoms with Gasteiger partial charge in [0.1, 0.15) is 0 Å². The van der Waals surface area contributed by atoms with Crippen molar-refractivity contribution in [1.29, 1.82) is 0 Å². The first-order valence-electron chi connectivity index (χ1n) is 4.64. The Morgan fingerprint density at radius 1 is 1.33 bits per heavy atom. The van der Waals surface area contributed by atoms with Gasteiger partial charge in [-0.3, -0.25) is 0 Å². The number of carbonyl (C=O) groups excluding carboxylic acids is 1. The highest BCUT2D eigenvalue weighted by molar-refractivity contribution is 5.67. The van der Waals surface area contributed by atoms with E-state index in [2.05, 4.69) is 4.74 Å². The number of rotatable bonds is 0. The fourth-order valence-corrected chi connectivity index (χ4v) is 2.51. The summed E-state index contributed by atoms with van der Waals surface area (Å²) in [6, 6.07) is 0. The highest BCUT2D eigenvalue weighted by Crippen LogP contribution is 2.37. The van der Waals surface area contributed by atoms with Crippen LogP contribution in [0.5, 0.6) is 0 Å². The molecule has 1 saturated heterocycles. The van der Waals surface area contributed by atoms with Crippen molar-refractivity contribution in [3.8, 4) is 0 Å². The van der Waals surface area contributed by atoms with Crippen LogP contribution in [0, 0.1) is 11.8 Å². The summed E-state index contributed by atoms with van der Waals surface area (Å²) in [5, 5.41) is 0. The summed E-state index contributed by atoms with van der Waals surface area (Å²) in [6.45, 7) is 1.86. The van der Waals surface area contributed by atoms with E-state index in [4.69, 9.17) is 0 Å². The van der Waals surface area contributed by atoms with Crippen LogP contribution in [0.25, 0.3) is 0 Å². The van der Waals surface area contributed by atoms with E-state index >= 15 is 0 Å². The van der Waals surface area contributed by atoms with Gasteiger partial charge in [-0.25, -0.2) is 4.79 Å². The van der Waals surface area contributed by atoms with Gasteiger partial charge in [-0.15, -0.1) is 0 Å². The van der Waals surface area contributed by atoms with Crippen LogP contribution >= 0.6 is 0 Å². The minimum atomic E-state index is -0.149. The van der Waals surface area contributed by atoms with E-state index in [1.54, 1.807) is 0 Å². The summed E-state index contributed by atoms with van der Waals surface area (Å²) in [7, 11) is 1.45. The van der Waals surface area contributed by atoms with Gasteiger partial charge in [0.15, 0.2) is 0 Å². The Morgan fingerprint density at radius 3 is 2.42 bits per heavy atom. The molecule has 2 aliphatic rings. The van der Waals surface area contributed by atoms with Crippen molar-refractivity contribution in [1.82, 2.24) is 4.90 Å². The first-order chi connectivity index (χ1) is 5.81. The molecule has 1 saturated carbocycles. The highest BCUT2D eigenvalue weighted by Gasteiger charge is 2.38. The summed E-state index contributed by atoms with van der Waals surface area (Å²) >= 11 is 0. The van der Waals surface area contributed by atoms with Crippen LogP contribution in [0.15, 0.2) is 0 Å². The van der Waals surface area contributed by atoms with Crippen LogP contribution in [-0.4, -0.2) is 31.2 Å². The molecular weight excluding hydrogens is 154 g/mol. The SMILES string of the molecule is COC(=O)N1CC2CCCC2C1. The zero-order valence-corrected chi connectivity index (χ0v) is 7.45. The van der Waals surface area contributed by atoms with Crippen LogP contribution in [0.2, 0.25) is 0 Å². The Morgan fingerprint density at radius 2 is 1.92 bits per heavy atom. The van der Waals surface area contributed by atoms with Crippen LogP contribution in [0.3, 0.4) is 0 Å². The second-order valence-corrected chi connectivity index (χ2v) is 3.83. The molecule has 1 amide bonds. The molecule has 0 spiro atoms. The predicted octanol–water partition coefficient (Wildman–Crippen LogP) is 1.48. The molecule has 2 atom stereocenters. The van der Waals surface area contributed by atoms with Gasteiger partial charge in [-0.05, 0) is 24.7 Å². The first-order valence-corrected chi connectivity index (χ1v) is 4.64. The van der Waals surface area contributed by atoms with Crippen LogP contribution in [0.1, 0.15) is 19.3 Å². The van der Waals surface area contributed by atoms with E-state index in [0.29, 0.717) is 0 Å². The molecule has 0 radical (unpaired) electrons. The molecule has 0 bridgehead atoms. The van der Waals surface area contributed by atoms with Crippen molar-refractivity contribution in [2.45, 2.75) is 19.3 Å². The van der Waals surface area contributed by atoms with Crippen molar-refractivity contribution in [3.63, 3.8) is 0 Å². The molecule has 2 fully saturated rings. The Kier molecular flexibility index (Phi) is 1.95. The Bertz CT molecular complexity index is 181. The lowest BCUT2D eigenvalue weighted by Gasteiger charge is -2.14. The summed E-state index contributed by atoms with van der Waals surface area (Å²) < 4.78 is 4.69. The summed E-state index contributed by atoms with van der Waals surface area (Å²) in [4.78, 5) is 13.0. The number of hydrogen-bond donors (Lipinski definition) is 0. The van der Waals surface area contributed by atoms with Gasteiger partial charge in [-0.2, -0.15) is 0 Å². The maximum absolute atomic E-state index is 11.1. The number of likely N-dealkylation sites (tertiary alicyclic amines) is 1. The fourth-order valence-electron chi connectivity index (χ4n) is 2.51. The topological polar surface area (TPSA) is 29.5 Å². The number of amides is 1. The lowest BCUT2D eigenvalue weighted by atomic mass is 10.0. The number of ether oxygens (including phenoxy) is 1. The second kappa shape index (κ2) is 2.96. The van der Waals surface area contributed by atoms with Crippen molar-refractivity contribution in [3.05, 3.63) is 0 Å². The van der Waals surface area contributed by atoms with E-state index in [-0.39, 0.29) is 6.09 Å². The van der Waals surface area contributed by atoms with Gasteiger partial charge < -0.3 is 9.64 Å². The first kappa shape index (κ1) is 7.90. The molecular formula is C9H15NO2. The average molecular weight is 169 g/mol. The van der Waals surface area contributed by atoms with Crippen molar-refractivity contribution in [2.24, 2.45) is 11.8 Å². The molecule has 12 heavy (non-hydrogen) atoms. The molecule has 0 aromatic carbocycles. The smallest absolute Gasteiger partial charge is 0.409 e. The number of fused-ring (bicyclic) bond motifs is 1. The normalized spacial score (nSPS) is 33.6. The molecule has 0 aromatic heterocycles. The van der Waals surface area contributed by atoms with E-state index < -0.39 is 0 Å². The third-order valence-corrected chi connectivity index (χ3v) is 3.16. The largest absolute Gasteiger partial charge is 0.453 e. The number of carbonyl (C=O) groups is 1. The quantitative estimate of drug-likeness (QED) is 0.549. The molecule has 2 unspecified atom stereocenters. The molecule has 1 heterocycles. The van der Waals surface area contributed by atoms with Gasteiger partial charge in [0, 0.05) is 13.1 Å². The summed E-state index contributed by atoms with van der Waals surface area (Å²) in [6.07, 6.45) is 3.81. The third-order valence-electron chi connectivity index (χ3n) is 3.16. The number of methoxy groups -OCH3 is 1. The maximum Gasteiger partial charge on any atom is 0.409 e. The highest BCUT2D eigenvalue weighted by atomic mass is 16.5.